The second-order valence-corrected chi connectivity index (χ2v) is 7.16. The molecule has 4 rings (SSSR count). The molecule has 1 aliphatic rings. The van der Waals surface area contributed by atoms with E-state index in [1.807, 2.05) is 43.3 Å². The highest BCUT2D eigenvalue weighted by Gasteiger charge is 2.46. The third-order valence-electron chi connectivity index (χ3n) is 5.15. The second-order valence-electron chi connectivity index (χ2n) is 7.16. The van der Waals surface area contributed by atoms with Gasteiger partial charge in [-0.15, -0.1) is 0 Å². The van der Waals surface area contributed by atoms with Crippen molar-refractivity contribution in [2.75, 3.05) is 6.61 Å². The van der Waals surface area contributed by atoms with Crippen LogP contribution in [0.1, 0.15) is 29.7 Å². The molecule has 0 aliphatic carbocycles. The molecule has 2 heterocycles. The third-order valence-corrected chi connectivity index (χ3v) is 5.15. The lowest BCUT2D eigenvalue weighted by molar-refractivity contribution is -0.140. The van der Waals surface area contributed by atoms with Crippen molar-refractivity contribution in [2.45, 2.75) is 19.5 Å². The largest absolute Gasteiger partial charge is 0.507 e. The molecule has 1 fully saturated rings. The molecule has 1 amide bonds. The number of ketones is 1. The van der Waals surface area contributed by atoms with Gasteiger partial charge in [-0.05, 0) is 36.2 Å². The lowest BCUT2D eigenvalue weighted by atomic mass is 9.95. The van der Waals surface area contributed by atoms with Crippen molar-refractivity contribution in [1.82, 2.24) is 9.88 Å². The van der Waals surface area contributed by atoms with Gasteiger partial charge in [0, 0.05) is 24.5 Å². The number of aliphatic hydroxyl groups excluding tert-OH is 1. The first kappa shape index (κ1) is 20.3. The average Bonchev–Trinajstić information content (AvgIpc) is 3.05. The molecule has 1 aliphatic heterocycles. The number of benzene rings is 2. The van der Waals surface area contributed by atoms with E-state index in [0.29, 0.717) is 17.9 Å². The van der Waals surface area contributed by atoms with E-state index in [1.54, 1.807) is 42.7 Å². The summed E-state index contributed by atoms with van der Waals surface area (Å²) in [6, 6.07) is 19.0. The van der Waals surface area contributed by atoms with Crippen molar-refractivity contribution in [3.8, 4) is 5.75 Å². The molecule has 156 valence electrons. The van der Waals surface area contributed by atoms with E-state index < -0.39 is 17.7 Å². The zero-order valence-electron chi connectivity index (χ0n) is 17.1. The van der Waals surface area contributed by atoms with E-state index in [-0.39, 0.29) is 17.9 Å². The Hall–Kier alpha value is -3.93. The van der Waals surface area contributed by atoms with E-state index in [9.17, 15) is 14.7 Å². The highest BCUT2D eigenvalue weighted by molar-refractivity contribution is 6.46. The molecule has 1 aromatic heterocycles. The SMILES string of the molecule is CCOc1cccc(C(O)=C2C(=O)C(=O)N(Cc3cccnc3)C2c2ccccc2)c1. The number of hydrogen-bond donors (Lipinski definition) is 1. The van der Waals surface area contributed by atoms with Crippen molar-refractivity contribution in [2.24, 2.45) is 0 Å². The number of hydrogen-bond acceptors (Lipinski definition) is 5. The molecule has 1 atom stereocenters. The quantitative estimate of drug-likeness (QED) is 0.373. The summed E-state index contributed by atoms with van der Waals surface area (Å²) in [6.07, 6.45) is 3.31. The Morgan fingerprint density at radius 2 is 1.87 bits per heavy atom. The molecule has 1 unspecified atom stereocenters. The summed E-state index contributed by atoms with van der Waals surface area (Å²) in [5.41, 5.74) is 2.02. The van der Waals surface area contributed by atoms with Crippen molar-refractivity contribution in [3.05, 3.63) is 101 Å². The zero-order chi connectivity index (χ0) is 21.8. The summed E-state index contributed by atoms with van der Waals surface area (Å²) >= 11 is 0. The minimum atomic E-state index is -0.711. The van der Waals surface area contributed by atoms with Gasteiger partial charge < -0.3 is 14.7 Å². The molecule has 31 heavy (non-hydrogen) atoms. The number of nitrogens with zero attached hydrogens (tertiary/aromatic N) is 2. The van der Waals surface area contributed by atoms with Gasteiger partial charge in [-0.25, -0.2) is 0 Å². The van der Waals surface area contributed by atoms with Crippen LogP contribution in [-0.4, -0.2) is 33.3 Å². The number of rotatable bonds is 6. The summed E-state index contributed by atoms with van der Waals surface area (Å²) in [5.74, 6) is -1.01. The van der Waals surface area contributed by atoms with Gasteiger partial charge in [0.25, 0.3) is 11.7 Å². The molecule has 6 nitrogen and oxygen atoms in total. The Kier molecular flexibility index (Phi) is 5.80. The first-order chi connectivity index (χ1) is 15.1. The standard InChI is InChI=1S/C25H22N2O4/c1-2-31-20-12-6-11-19(14-20)23(28)21-22(18-9-4-3-5-10-18)27(25(30)24(21)29)16-17-8-7-13-26-15-17/h3-15,22,28H,2,16H2,1H3. The molecule has 2 aromatic carbocycles. The first-order valence-corrected chi connectivity index (χ1v) is 10.1. The molecule has 0 radical (unpaired) electrons. The summed E-state index contributed by atoms with van der Waals surface area (Å²) in [6.45, 7) is 2.55. The fraction of sp³-hybridized carbons (Fsp3) is 0.160. The maximum atomic E-state index is 13.1. The van der Waals surface area contributed by atoms with Crippen molar-refractivity contribution in [3.63, 3.8) is 0 Å². The highest BCUT2D eigenvalue weighted by Crippen LogP contribution is 2.40. The van der Waals surface area contributed by atoms with Gasteiger partial charge in [-0.2, -0.15) is 0 Å². The van der Waals surface area contributed by atoms with Gasteiger partial charge in [0.05, 0.1) is 18.2 Å². The zero-order valence-corrected chi connectivity index (χ0v) is 17.1. The molecular weight excluding hydrogens is 392 g/mol. The molecule has 0 spiro atoms. The van der Waals surface area contributed by atoms with E-state index >= 15 is 0 Å². The number of carbonyl (C=O) groups excluding carboxylic acids is 2. The van der Waals surface area contributed by atoms with Gasteiger partial charge in [-0.1, -0.05) is 48.5 Å². The topological polar surface area (TPSA) is 79.7 Å². The molecule has 3 aromatic rings. The first-order valence-electron chi connectivity index (χ1n) is 10.1. The van der Waals surface area contributed by atoms with Crippen LogP contribution in [0.15, 0.2) is 84.7 Å². The number of Topliss-reactive ketones (excluding diaryl/α,β-unsaturated/α-hetero) is 1. The van der Waals surface area contributed by atoms with Crippen LogP contribution in [0.3, 0.4) is 0 Å². The van der Waals surface area contributed by atoms with Crippen LogP contribution in [0.25, 0.3) is 5.76 Å². The maximum absolute atomic E-state index is 13.1. The number of aromatic nitrogens is 1. The van der Waals surface area contributed by atoms with E-state index in [1.165, 1.54) is 4.90 Å². The third kappa shape index (κ3) is 4.05. The number of pyridine rings is 1. The second kappa shape index (κ2) is 8.83. The van der Waals surface area contributed by atoms with Gasteiger partial charge in [-0.3, -0.25) is 14.6 Å². The Labute approximate surface area is 180 Å². The average molecular weight is 414 g/mol. The molecule has 1 saturated heterocycles. The van der Waals surface area contributed by atoms with Gasteiger partial charge in [0.15, 0.2) is 0 Å². The Morgan fingerprint density at radius 1 is 1.06 bits per heavy atom. The smallest absolute Gasteiger partial charge is 0.295 e. The van der Waals surface area contributed by atoms with Crippen LogP contribution >= 0.6 is 0 Å². The lowest BCUT2D eigenvalue weighted by Crippen LogP contribution is -2.29. The summed E-state index contributed by atoms with van der Waals surface area (Å²) in [5, 5.41) is 11.1. The number of ether oxygens (including phenoxy) is 1. The fourth-order valence-corrected chi connectivity index (χ4v) is 3.77. The maximum Gasteiger partial charge on any atom is 0.295 e. The number of carbonyl (C=O) groups is 2. The lowest BCUT2D eigenvalue weighted by Gasteiger charge is -2.25. The van der Waals surface area contributed by atoms with Crippen molar-refractivity contribution < 1.29 is 19.4 Å². The Morgan fingerprint density at radius 3 is 2.58 bits per heavy atom. The molecule has 6 heteroatoms. The van der Waals surface area contributed by atoms with Crippen LogP contribution in [0.5, 0.6) is 5.75 Å². The monoisotopic (exact) mass is 414 g/mol. The van der Waals surface area contributed by atoms with Crippen LogP contribution in [0, 0.1) is 0 Å². The predicted octanol–water partition coefficient (Wildman–Crippen LogP) is 4.10. The summed E-state index contributed by atoms with van der Waals surface area (Å²) < 4.78 is 5.52. The number of likely N-dealkylation sites (tertiary alicyclic amines) is 1. The van der Waals surface area contributed by atoms with E-state index in [2.05, 4.69) is 4.98 Å². The van der Waals surface area contributed by atoms with Crippen LogP contribution in [0.2, 0.25) is 0 Å². The van der Waals surface area contributed by atoms with Gasteiger partial charge in [0.1, 0.15) is 11.5 Å². The minimum Gasteiger partial charge on any atom is -0.507 e. The highest BCUT2D eigenvalue weighted by atomic mass is 16.5. The van der Waals surface area contributed by atoms with Crippen LogP contribution in [-0.2, 0) is 16.1 Å². The van der Waals surface area contributed by atoms with Crippen LogP contribution in [0.4, 0.5) is 0 Å². The minimum absolute atomic E-state index is 0.0636. The van der Waals surface area contributed by atoms with E-state index in [4.69, 9.17) is 4.74 Å². The Balaban J connectivity index is 1.83. The molecule has 1 N–H and O–H groups in total. The number of aliphatic hydroxyl groups is 1. The summed E-state index contributed by atoms with van der Waals surface area (Å²) in [7, 11) is 0. The van der Waals surface area contributed by atoms with Crippen molar-refractivity contribution >= 4 is 17.4 Å². The predicted molar refractivity (Wildman–Crippen MR) is 116 cm³/mol. The number of amides is 1. The van der Waals surface area contributed by atoms with Crippen LogP contribution < -0.4 is 4.74 Å². The molecular formula is C25H22N2O4. The fourth-order valence-electron chi connectivity index (χ4n) is 3.77. The van der Waals surface area contributed by atoms with Crippen molar-refractivity contribution in [1.29, 1.82) is 0 Å². The molecule has 0 bridgehead atoms. The van der Waals surface area contributed by atoms with Gasteiger partial charge >= 0.3 is 0 Å². The summed E-state index contributed by atoms with van der Waals surface area (Å²) in [4.78, 5) is 31.6. The van der Waals surface area contributed by atoms with E-state index in [0.717, 1.165) is 11.1 Å². The van der Waals surface area contributed by atoms with Gasteiger partial charge in [0.2, 0.25) is 0 Å². The normalized spacial score (nSPS) is 17.7. The Bertz CT molecular complexity index is 1130. The molecule has 0 saturated carbocycles.